The summed E-state index contributed by atoms with van der Waals surface area (Å²) >= 11 is 7.54. The van der Waals surface area contributed by atoms with Crippen LogP contribution in [0, 0.1) is 12.3 Å². The first-order valence-electron chi connectivity index (χ1n) is 8.03. The average molecular weight is 401 g/mol. The molecule has 1 aromatic rings. The Labute approximate surface area is 157 Å². The molecule has 2 atom stereocenters. The predicted octanol–water partition coefficient (Wildman–Crippen LogP) is 3.30. The van der Waals surface area contributed by atoms with Gasteiger partial charge < -0.3 is 4.90 Å². The fourth-order valence-electron chi connectivity index (χ4n) is 2.94. The van der Waals surface area contributed by atoms with Gasteiger partial charge in [0.2, 0.25) is 0 Å². The van der Waals surface area contributed by atoms with Crippen LogP contribution in [0.5, 0.6) is 0 Å². The first kappa shape index (κ1) is 18.7. The molecule has 3 rings (SSSR count). The summed E-state index contributed by atoms with van der Waals surface area (Å²) in [7, 11) is -3.09. The van der Waals surface area contributed by atoms with Crippen LogP contribution in [0.1, 0.15) is 26.3 Å². The van der Waals surface area contributed by atoms with E-state index in [1.54, 1.807) is 6.07 Å². The number of amides is 1. The van der Waals surface area contributed by atoms with Gasteiger partial charge in [0, 0.05) is 21.4 Å². The number of nitrogens with zero attached hydrogens (tertiary/aromatic N) is 2. The first-order valence-corrected chi connectivity index (χ1v) is 11.1. The van der Waals surface area contributed by atoms with Gasteiger partial charge in [0.1, 0.15) is 0 Å². The van der Waals surface area contributed by atoms with E-state index < -0.39 is 15.3 Å². The third-order valence-corrected chi connectivity index (χ3v) is 7.78. The Kier molecular flexibility index (Phi) is 4.71. The molecule has 0 aliphatic carbocycles. The number of fused-ring (bicyclic) bond motifs is 1. The number of aliphatic imine (C=N–C) groups is 1. The normalized spacial score (nSPS) is 26.9. The minimum absolute atomic E-state index is 0.0688. The van der Waals surface area contributed by atoms with Crippen molar-refractivity contribution >= 4 is 50.0 Å². The second kappa shape index (κ2) is 6.28. The maximum Gasteiger partial charge on any atom is 0.253 e. The maximum absolute atomic E-state index is 12.4. The number of aryl methyl sites for hydroxylation is 1. The van der Waals surface area contributed by atoms with E-state index in [-0.39, 0.29) is 28.7 Å². The molecule has 2 aliphatic heterocycles. The number of thioether (sulfide) groups is 1. The molecule has 0 radical (unpaired) electrons. The quantitative estimate of drug-likeness (QED) is 0.723. The highest BCUT2D eigenvalue weighted by Crippen LogP contribution is 2.42. The largest absolute Gasteiger partial charge is 0.315 e. The van der Waals surface area contributed by atoms with Gasteiger partial charge in [-0.25, -0.2) is 8.42 Å². The number of benzene rings is 1. The number of amidine groups is 1. The molecule has 1 aromatic carbocycles. The Balaban J connectivity index is 2.09. The Morgan fingerprint density at radius 1 is 1.32 bits per heavy atom. The second-order valence-electron chi connectivity index (χ2n) is 7.55. The summed E-state index contributed by atoms with van der Waals surface area (Å²) in [5.41, 5.74) is 1.18. The SMILES string of the molecule is Cc1ccc(Cl)cc1N1C(=NC(=O)C(C)(C)C)S[C@H]2CS(=O)(=O)C[C@H]21. The molecule has 25 heavy (non-hydrogen) atoms. The average Bonchev–Trinajstić information content (AvgIpc) is 2.92. The van der Waals surface area contributed by atoms with Crippen LogP contribution in [0.15, 0.2) is 23.2 Å². The summed E-state index contributed by atoms with van der Waals surface area (Å²) in [6.45, 7) is 7.40. The van der Waals surface area contributed by atoms with Gasteiger partial charge in [-0.2, -0.15) is 4.99 Å². The van der Waals surface area contributed by atoms with E-state index >= 15 is 0 Å². The molecule has 0 aromatic heterocycles. The molecule has 1 amide bonds. The van der Waals surface area contributed by atoms with Crippen molar-refractivity contribution in [3.8, 4) is 0 Å². The highest BCUT2D eigenvalue weighted by Gasteiger charge is 2.49. The fraction of sp³-hybridized carbons (Fsp3) is 0.529. The summed E-state index contributed by atoms with van der Waals surface area (Å²) in [4.78, 5) is 18.7. The van der Waals surface area contributed by atoms with E-state index in [1.807, 2.05) is 44.7 Å². The lowest BCUT2D eigenvalue weighted by Gasteiger charge is -2.27. The van der Waals surface area contributed by atoms with Crippen LogP contribution in [-0.4, -0.2) is 42.3 Å². The van der Waals surface area contributed by atoms with E-state index in [4.69, 9.17) is 11.6 Å². The molecule has 0 N–H and O–H groups in total. The molecule has 136 valence electrons. The van der Waals surface area contributed by atoms with Crippen molar-refractivity contribution in [1.29, 1.82) is 0 Å². The number of rotatable bonds is 1. The summed E-state index contributed by atoms with van der Waals surface area (Å²) in [5, 5.41) is 1.02. The van der Waals surface area contributed by atoms with Crippen LogP contribution in [0.25, 0.3) is 0 Å². The fourth-order valence-corrected chi connectivity index (χ4v) is 7.01. The van der Waals surface area contributed by atoms with E-state index in [1.165, 1.54) is 11.8 Å². The van der Waals surface area contributed by atoms with Crippen molar-refractivity contribution in [2.75, 3.05) is 16.4 Å². The number of hydrogen-bond donors (Lipinski definition) is 0. The highest BCUT2D eigenvalue weighted by molar-refractivity contribution is 8.16. The molecule has 0 saturated carbocycles. The van der Waals surface area contributed by atoms with Gasteiger partial charge in [0.05, 0.1) is 17.5 Å². The van der Waals surface area contributed by atoms with Gasteiger partial charge in [-0.3, -0.25) is 4.79 Å². The number of halogens is 1. The van der Waals surface area contributed by atoms with Gasteiger partial charge in [-0.05, 0) is 24.6 Å². The van der Waals surface area contributed by atoms with Gasteiger partial charge >= 0.3 is 0 Å². The molecule has 0 spiro atoms. The lowest BCUT2D eigenvalue weighted by Crippen LogP contribution is -2.38. The summed E-state index contributed by atoms with van der Waals surface area (Å²) < 4.78 is 24.2. The third kappa shape index (κ3) is 3.73. The highest BCUT2D eigenvalue weighted by atomic mass is 35.5. The third-order valence-electron chi connectivity index (χ3n) is 4.34. The van der Waals surface area contributed by atoms with Gasteiger partial charge in [-0.15, -0.1) is 0 Å². The molecule has 8 heteroatoms. The molecule has 2 saturated heterocycles. The topological polar surface area (TPSA) is 66.8 Å². The van der Waals surface area contributed by atoms with E-state index in [0.717, 1.165) is 11.3 Å². The lowest BCUT2D eigenvalue weighted by atomic mass is 9.96. The molecule has 2 aliphatic rings. The number of anilines is 1. The second-order valence-corrected chi connectivity index (χ2v) is 11.3. The number of carbonyl (C=O) groups excluding carboxylic acids is 1. The van der Waals surface area contributed by atoms with Crippen LogP contribution in [0.2, 0.25) is 5.02 Å². The smallest absolute Gasteiger partial charge is 0.253 e. The van der Waals surface area contributed by atoms with Crippen LogP contribution in [-0.2, 0) is 14.6 Å². The van der Waals surface area contributed by atoms with Crippen molar-refractivity contribution in [3.05, 3.63) is 28.8 Å². The van der Waals surface area contributed by atoms with Crippen molar-refractivity contribution in [2.24, 2.45) is 10.4 Å². The van der Waals surface area contributed by atoms with E-state index in [9.17, 15) is 13.2 Å². The monoisotopic (exact) mass is 400 g/mol. The zero-order valence-electron chi connectivity index (χ0n) is 14.6. The van der Waals surface area contributed by atoms with E-state index in [2.05, 4.69) is 4.99 Å². The lowest BCUT2D eigenvalue weighted by molar-refractivity contribution is -0.124. The molecular weight excluding hydrogens is 380 g/mol. The van der Waals surface area contributed by atoms with Crippen LogP contribution in [0.4, 0.5) is 5.69 Å². The first-order chi connectivity index (χ1) is 11.5. The van der Waals surface area contributed by atoms with Crippen molar-refractivity contribution < 1.29 is 13.2 Å². The molecule has 0 unspecified atom stereocenters. The molecular formula is C17H21ClN2O3S2. The van der Waals surface area contributed by atoms with Crippen molar-refractivity contribution in [1.82, 2.24) is 0 Å². The summed E-state index contributed by atoms with van der Waals surface area (Å²) in [6, 6.07) is 5.27. The van der Waals surface area contributed by atoms with Gasteiger partial charge in [0.25, 0.3) is 5.91 Å². The minimum Gasteiger partial charge on any atom is -0.315 e. The maximum atomic E-state index is 12.4. The predicted molar refractivity (Wildman–Crippen MR) is 104 cm³/mol. The Morgan fingerprint density at radius 3 is 2.64 bits per heavy atom. The van der Waals surface area contributed by atoms with Gasteiger partial charge in [0.15, 0.2) is 15.0 Å². The number of sulfone groups is 1. The summed E-state index contributed by atoms with van der Waals surface area (Å²) in [5.74, 6) is -0.0388. The van der Waals surface area contributed by atoms with Gasteiger partial charge in [-0.1, -0.05) is 50.2 Å². The van der Waals surface area contributed by atoms with Crippen molar-refractivity contribution in [2.45, 2.75) is 39.0 Å². The van der Waals surface area contributed by atoms with E-state index in [0.29, 0.717) is 10.2 Å². The standard InChI is InChI=1S/C17H21ClN2O3S2/c1-10-5-6-11(18)7-12(10)20-13-8-25(22,23)9-14(13)24-16(20)19-15(21)17(2,3)4/h5-7,13-14H,8-9H2,1-4H3/t13-,14+/m1/s1. The van der Waals surface area contributed by atoms with Crippen molar-refractivity contribution in [3.63, 3.8) is 0 Å². The molecule has 0 bridgehead atoms. The Hall–Kier alpha value is -1.05. The van der Waals surface area contributed by atoms with Crippen LogP contribution >= 0.6 is 23.4 Å². The minimum atomic E-state index is -3.09. The molecule has 2 heterocycles. The molecule has 5 nitrogen and oxygen atoms in total. The Morgan fingerprint density at radius 2 is 2.00 bits per heavy atom. The number of carbonyl (C=O) groups is 1. The number of hydrogen-bond acceptors (Lipinski definition) is 4. The Bertz CT molecular complexity index is 859. The molecule has 2 fully saturated rings. The zero-order valence-corrected chi connectivity index (χ0v) is 17.0. The zero-order chi connectivity index (χ0) is 18.6. The summed E-state index contributed by atoms with van der Waals surface area (Å²) in [6.07, 6.45) is 0. The van der Waals surface area contributed by atoms with Crippen LogP contribution in [0.3, 0.4) is 0 Å². The van der Waals surface area contributed by atoms with Crippen LogP contribution < -0.4 is 4.90 Å².